The van der Waals surface area contributed by atoms with Crippen molar-refractivity contribution in [3.63, 3.8) is 0 Å². The minimum atomic E-state index is -0.280. The van der Waals surface area contributed by atoms with Crippen molar-refractivity contribution in [2.45, 2.75) is 19.6 Å². The second-order valence-corrected chi connectivity index (χ2v) is 7.42. The topological polar surface area (TPSA) is 38.1 Å². The zero-order valence-electron chi connectivity index (χ0n) is 15.9. The third-order valence-corrected chi connectivity index (χ3v) is 5.45. The molecule has 0 N–H and O–H groups in total. The van der Waals surface area contributed by atoms with E-state index in [0.717, 1.165) is 30.0 Å². The Balaban J connectivity index is 1.51. The number of fused-ring (bicyclic) bond motifs is 2. The molecule has 29 heavy (non-hydrogen) atoms. The first kappa shape index (κ1) is 17.8. The first-order valence-corrected chi connectivity index (χ1v) is 9.73. The van der Waals surface area contributed by atoms with Crippen LogP contribution in [0.5, 0.6) is 0 Å². The van der Waals surface area contributed by atoms with Crippen LogP contribution in [-0.2, 0) is 19.6 Å². The van der Waals surface area contributed by atoms with Crippen LogP contribution in [0.2, 0.25) is 0 Å². The zero-order valence-corrected chi connectivity index (χ0v) is 15.9. The monoisotopic (exact) mass is 385 g/mol. The molecule has 2 heterocycles. The molecule has 144 valence electrons. The quantitative estimate of drug-likeness (QED) is 0.530. The van der Waals surface area contributed by atoms with Crippen molar-refractivity contribution in [3.05, 3.63) is 100 Å². The summed E-state index contributed by atoms with van der Waals surface area (Å²) in [6.45, 7) is 2.91. The molecule has 4 aromatic rings. The van der Waals surface area contributed by atoms with Crippen molar-refractivity contribution in [2.75, 3.05) is 6.54 Å². The molecule has 3 aromatic carbocycles. The summed E-state index contributed by atoms with van der Waals surface area (Å²) in [5, 5.41) is 0.602. The van der Waals surface area contributed by atoms with Crippen molar-refractivity contribution >= 4 is 10.9 Å². The summed E-state index contributed by atoms with van der Waals surface area (Å²) >= 11 is 0. The molecule has 0 bridgehead atoms. The molecule has 5 rings (SSSR count). The van der Waals surface area contributed by atoms with Crippen molar-refractivity contribution in [2.24, 2.45) is 0 Å². The minimum Gasteiger partial charge on any atom is -0.294 e. The van der Waals surface area contributed by atoms with Crippen molar-refractivity contribution < 1.29 is 4.39 Å². The molecule has 1 aromatic heterocycles. The Labute approximate surface area is 167 Å². The van der Waals surface area contributed by atoms with Crippen LogP contribution < -0.4 is 5.56 Å². The Hall–Kier alpha value is -3.31. The lowest BCUT2D eigenvalue weighted by Gasteiger charge is -2.29. The number of hydrogen-bond donors (Lipinski definition) is 0. The van der Waals surface area contributed by atoms with Gasteiger partial charge in [0.05, 0.1) is 17.4 Å². The van der Waals surface area contributed by atoms with Gasteiger partial charge in [-0.15, -0.1) is 0 Å². The molecule has 5 heteroatoms. The summed E-state index contributed by atoms with van der Waals surface area (Å²) in [7, 11) is 0. The fourth-order valence-electron chi connectivity index (χ4n) is 3.96. The van der Waals surface area contributed by atoms with Crippen LogP contribution >= 0.6 is 0 Å². The molecule has 0 saturated carbocycles. The molecule has 0 aliphatic carbocycles. The van der Waals surface area contributed by atoms with E-state index in [1.807, 2.05) is 36.4 Å². The molecule has 1 aliphatic rings. The smallest absolute Gasteiger partial charge is 0.261 e. The predicted molar refractivity (Wildman–Crippen MR) is 112 cm³/mol. The molecule has 0 amide bonds. The van der Waals surface area contributed by atoms with Gasteiger partial charge in [0.25, 0.3) is 5.56 Å². The zero-order chi connectivity index (χ0) is 19.8. The Morgan fingerprint density at radius 1 is 0.897 bits per heavy atom. The maximum atomic E-state index is 13.6. The van der Waals surface area contributed by atoms with Crippen LogP contribution in [0.1, 0.15) is 11.4 Å². The average Bonchev–Trinajstić information content (AvgIpc) is 2.74. The standard InChI is InChI=1S/C24H20FN3O/c25-20-8-4-7-18(13-20)19-9-10-21-22(14-19)26-23-16-27(11-12-28(23)24(21)29)15-17-5-2-1-3-6-17/h1-10,13-14H,11-12,15-16H2. The second kappa shape index (κ2) is 7.26. The molecule has 0 unspecified atom stereocenters. The summed E-state index contributed by atoms with van der Waals surface area (Å²) in [6.07, 6.45) is 0. The molecule has 0 spiro atoms. The largest absolute Gasteiger partial charge is 0.294 e. The summed E-state index contributed by atoms with van der Waals surface area (Å²) in [5.41, 5.74) is 3.53. The first-order chi connectivity index (χ1) is 14.2. The summed E-state index contributed by atoms with van der Waals surface area (Å²) in [6, 6.07) is 22.3. The van der Waals surface area contributed by atoms with Gasteiger partial charge < -0.3 is 0 Å². The SMILES string of the molecule is O=c1c2ccc(-c3cccc(F)c3)cc2nc2n1CCN(Cc1ccccc1)C2. The highest BCUT2D eigenvalue weighted by Gasteiger charge is 2.20. The van der Waals surface area contributed by atoms with Crippen LogP contribution in [0.4, 0.5) is 4.39 Å². The van der Waals surface area contributed by atoms with Crippen LogP contribution in [0.15, 0.2) is 77.6 Å². The van der Waals surface area contributed by atoms with Crippen molar-refractivity contribution in [1.82, 2.24) is 14.5 Å². The fourth-order valence-corrected chi connectivity index (χ4v) is 3.96. The van der Waals surface area contributed by atoms with Crippen molar-refractivity contribution in [1.29, 1.82) is 0 Å². The Morgan fingerprint density at radius 2 is 1.72 bits per heavy atom. The van der Waals surface area contributed by atoms with E-state index < -0.39 is 0 Å². The Bertz CT molecular complexity index is 1250. The number of hydrogen-bond acceptors (Lipinski definition) is 3. The van der Waals surface area contributed by atoms with Gasteiger partial charge in [-0.05, 0) is 41.0 Å². The predicted octanol–water partition coefficient (Wildman–Crippen LogP) is 4.22. The van der Waals surface area contributed by atoms with Gasteiger partial charge in [-0.25, -0.2) is 9.37 Å². The molecule has 0 atom stereocenters. The van der Waals surface area contributed by atoms with E-state index in [2.05, 4.69) is 17.0 Å². The highest BCUT2D eigenvalue weighted by Crippen LogP contribution is 2.24. The lowest BCUT2D eigenvalue weighted by atomic mass is 10.0. The lowest BCUT2D eigenvalue weighted by Crippen LogP contribution is -2.39. The fraction of sp³-hybridized carbons (Fsp3) is 0.167. The van der Waals surface area contributed by atoms with Crippen molar-refractivity contribution in [3.8, 4) is 11.1 Å². The van der Waals surface area contributed by atoms with E-state index in [4.69, 9.17) is 4.98 Å². The second-order valence-electron chi connectivity index (χ2n) is 7.42. The molecule has 1 aliphatic heterocycles. The van der Waals surface area contributed by atoms with Gasteiger partial charge in [-0.2, -0.15) is 0 Å². The molecular weight excluding hydrogens is 365 g/mol. The third kappa shape index (κ3) is 3.45. The minimum absolute atomic E-state index is 0.00449. The van der Waals surface area contributed by atoms with Crippen LogP contribution in [-0.4, -0.2) is 21.0 Å². The van der Waals surface area contributed by atoms with Gasteiger partial charge in [0.15, 0.2) is 0 Å². The molecule has 0 radical (unpaired) electrons. The maximum absolute atomic E-state index is 13.6. The van der Waals surface area contributed by atoms with E-state index in [1.54, 1.807) is 16.7 Å². The van der Waals surface area contributed by atoms with E-state index in [0.29, 0.717) is 24.0 Å². The summed E-state index contributed by atoms with van der Waals surface area (Å²) in [5.74, 6) is 0.499. The van der Waals surface area contributed by atoms with Gasteiger partial charge in [-0.1, -0.05) is 48.5 Å². The molecular formula is C24H20FN3O. The summed E-state index contributed by atoms with van der Waals surface area (Å²) in [4.78, 5) is 20.1. The van der Waals surface area contributed by atoms with Crippen LogP contribution in [0.25, 0.3) is 22.0 Å². The van der Waals surface area contributed by atoms with Crippen LogP contribution in [0.3, 0.4) is 0 Å². The Kier molecular flexibility index (Phi) is 4.45. The number of benzene rings is 3. The van der Waals surface area contributed by atoms with Gasteiger partial charge in [0.1, 0.15) is 11.6 Å². The van der Waals surface area contributed by atoms with Crippen LogP contribution in [0, 0.1) is 5.82 Å². The highest BCUT2D eigenvalue weighted by atomic mass is 19.1. The number of aromatic nitrogens is 2. The maximum Gasteiger partial charge on any atom is 0.261 e. The first-order valence-electron chi connectivity index (χ1n) is 9.73. The number of rotatable bonds is 3. The lowest BCUT2D eigenvalue weighted by molar-refractivity contribution is 0.204. The molecule has 0 fully saturated rings. The van der Waals surface area contributed by atoms with Gasteiger partial charge in [-0.3, -0.25) is 14.3 Å². The number of halogens is 1. The van der Waals surface area contributed by atoms with E-state index in [1.165, 1.54) is 17.7 Å². The normalized spacial score (nSPS) is 14.1. The van der Waals surface area contributed by atoms with Gasteiger partial charge >= 0.3 is 0 Å². The summed E-state index contributed by atoms with van der Waals surface area (Å²) < 4.78 is 15.4. The average molecular weight is 385 g/mol. The van der Waals surface area contributed by atoms with Gasteiger partial charge in [0.2, 0.25) is 0 Å². The van der Waals surface area contributed by atoms with E-state index in [-0.39, 0.29) is 11.4 Å². The highest BCUT2D eigenvalue weighted by molar-refractivity contribution is 5.83. The van der Waals surface area contributed by atoms with Gasteiger partial charge in [0, 0.05) is 19.6 Å². The third-order valence-electron chi connectivity index (χ3n) is 5.45. The molecule has 4 nitrogen and oxygen atoms in total. The Morgan fingerprint density at radius 3 is 2.55 bits per heavy atom. The van der Waals surface area contributed by atoms with E-state index in [9.17, 15) is 9.18 Å². The number of nitrogens with zero attached hydrogens (tertiary/aromatic N) is 3. The molecule has 0 saturated heterocycles. The van der Waals surface area contributed by atoms with E-state index >= 15 is 0 Å².